The minimum atomic E-state index is -4.71. The highest BCUT2D eigenvalue weighted by Crippen LogP contribution is 2.39. The third-order valence-electron chi connectivity index (χ3n) is 9.09. The molecule has 12 heteroatoms. The van der Waals surface area contributed by atoms with Gasteiger partial charge in [-0.2, -0.15) is 13.2 Å². The fourth-order valence-electron chi connectivity index (χ4n) is 6.62. The highest BCUT2D eigenvalue weighted by atomic mass is 35.5. The maximum atomic E-state index is 14.6. The third-order valence-corrected chi connectivity index (χ3v) is 11.2. The van der Waals surface area contributed by atoms with Crippen LogP contribution in [0, 0.1) is 17.7 Å². The number of anilines is 1. The standard InChI is InChI=1S/C36H39ClF4N2O4S/c1-3-47-35(44)27-14-17-42(18-15-27)16-6-7-26-20-28-13-12-25(19-24(2)34-31(37)10-5-11-32(34)38)21-33(28)43(23-26)48(45,46)30-9-4-8-29(22-30)36(39,40)41/h4-5,8-13,19,21-22,26-27H,3,6-7,14-18,20,23H2,1-2H3/b24-19+/t26-/m1/s1. The second-order valence-corrected chi connectivity index (χ2v) is 14.7. The first kappa shape index (κ1) is 35.9. The first-order valence-electron chi connectivity index (χ1n) is 16.1. The lowest BCUT2D eigenvalue weighted by Crippen LogP contribution is -2.41. The van der Waals surface area contributed by atoms with Crippen molar-refractivity contribution >= 4 is 44.9 Å². The van der Waals surface area contributed by atoms with Crippen molar-refractivity contribution in [3.05, 3.63) is 93.8 Å². The molecular formula is C36H39ClF4N2O4S. The van der Waals surface area contributed by atoms with E-state index in [-0.39, 0.29) is 34.9 Å². The molecule has 3 aromatic carbocycles. The molecule has 6 nitrogen and oxygen atoms in total. The number of ether oxygens (including phenoxy) is 1. The minimum absolute atomic E-state index is 0.0736. The molecule has 0 saturated carbocycles. The summed E-state index contributed by atoms with van der Waals surface area (Å²) in [5, 5.41) is 0.238. The minimum Gasteiger partial charge on any atom is -0.466 e. The summed E-state index contributed by atoms with van der Waals surface area (Å²) < 4.78 is 90.0. The number of rotatable bonds is 10. The van der Waals surface area contributed by atoms with Crippen molar-refractivity contribution in [2.24, 2.45) is 11.8 Å². The zero-order chi connectivity index (χ0) is 34.6. The van der Waals surface area contributed by atoms with E-state index in [1.807, 2.05) is 12.1 Å². The van der Waals surface area contributed by atoms with Gasteiger partial charge in [0.1, 0.15) is 5.82 Å². The molecule has 5 rings (SSSR count). The fourth-order valence-corrected chi connectivity index (χ4v) is 8.55. The number of halogens is 5. The van der Waals surface area contributed by atoms with Crippen molar-refractivity contribution < 1.29 is 35.5 Å². The maximum Gasteiger partial charge on any atom is 0.416 e. The molecule has 2 heterocycles. The van der Waals surface area contributed by atoms with Gasteiger partial charge in [-0.1, -0.05) is 41.9 Å². The van der Waals surface area contributed by atoms with Crippen LogP contribution in [0.15, 0.2) is 65.6 Å². The third kappa shape index (κ3) is 8.23. The Morgan fingerprint density at radius 1 is 1.06 bits per heavy atom. The summed E-state index contributed by atoms with van der Waals surface area (Å²) in [5.41, 5.74) is 1.46. The number of esters is 1. The number of fused-ring (bicyclic) bond motifs is 1. The lowest BCUT2D eigenvalue weighted by Gasteiger charge is -2.36. The monoisotopic (exact) mass is 706 g/mol. The molecular weight excluding hydrogens is 668 g/mol. The number of allylic oxidation sites excluding steroid dienone is 1. The van der Waals surface area contributed by atoms with Crippen LogP contribution in [0.1, 0.15) is 61.8 Å². The van der Waals surface area contributed by atoms with E-state index in [4.69, 9.17) is 16.3 Å². The first-order valence-corrected chi connectivity index (χ1v) is 17.9. The van der Waals surface area contributed by atoms with Crippen LogP contribution < -0.4 is 4.31 Å². The van der Waals surface area contributed by atoms with Gasteiger partial charge in [-0.15, -0.1) is 0 Å². The number of nitrogens with zero attached hydrogens (tertiary/aromatic N) is 2. The molecule has 0 bridgehead atoms. The SMILES string of the molecule is CCOC(=O)C1CCN(CCC[C@@H]2Cc3ccc(/C=C(\C)c4c(F)cccc4Cl)cc3N(S(=O)(=O)c3cccc(C(F)(F)F)c3)C2)CC1. The molecule has 48 heavy (non-hydrogen) atoms. The molecule has 0 amide bonds. The average molecular weight is 707 g/mol. The normalized spacial score (nSPS) is 18.1. The van der Waals surface area contributed by atoms with Crippen molar-refractivity contribution in [1.82, 2.24) is 4.90 Å². The molecule has 0 aromatic heterocycles. The quantitative estimate of drug-likeness (QED) is 0.120. The summed E-state index contributed by atoms with van der Waals surface area (Å²) in [5.74, 6) is -0.799. The summed E-state index contributed by atoms with van der Waals surface area (Å²) in [7, 11) is -4.39. The van der Waals surface area contributed by atoms with Gasteiger partial charge in [0.2, 0.25) is 0 Å². The van der Waals surface area contributed by atoms with Gasteiger partial charge in [0.25, 0.3) is 10.0 Å². The Kier molecular flexibility index (Phi) is 11.2. The number of carbonyl (C=O) groups is 1. The first-order chi connectivity index (χ1) is 22.8. The van der Waals surface area contributed by atoms with Crippen LogP contribution in [-0.2, 0) is 32.2 Å². The van der Waals surface area contributed by atoms with Gasteiger partial charge in [0.05, 0.1) is 33.7 Å². The number of likely N-dealkylation sites (tertiary alicyclic amines) is 1. The second kappa shape index (κ2) is 15.0. The van der Waals surface area contributed by atoms with Crippen LogP contribution in [0.3, 0.4) is 0 Å². The van der Waals surface area contributed by atoms with Gasteiger partial charge in [0, 0.05) is 12.1 Å². The van der Waals surface area contributed by atoms with Gasteiger partial charge >= 0.3 is 12.1 Å². The predicted molar refractivity (Wildman–Crippen MR) is 180 cm³/mol. The Morgan fingerprint density at radius 2 is 1.79 bits per heavy atom. The van der Waals surface area contributed by atoms with Crippen LogP contribution >= 0.6 is 11.6 Å². The summed E-state index contributed by atoms with van der Waals surface area (Å²) in [6.45, 7) is 6.31. The van der Waals surface area contributed by atoms with Gasteiger partial charge in [-0.3, -0.25) is 9.10 Å². The van der Waals surface area contributed by atoms with E-state index in [2.05, 4.69) is 4.90 Å². The van der Waals surface area contributed by atoms with Crippen LogP contribution in [0.25, 0.3) is 11.6 Å². The molecule has 0 N–H and O–H groups in total. The smallest absolute Gasteiger partial charge is 0.416 e. The van der Waals surface area contributed by atoms with E-state index in [0.29, 0.717) is 42.3 Å². The lowest BCUT2D eigenvalue weighted by molar-refractivity contribution is -0.149. The van der Waals surface area contributed by atoms with Crippen molar-refractivity contribution in [3.8, 4) is 0 Å². The molecule has 1 saturated heterocycles. The molecule has 2 aliphatic heterocycles. The Bertz CT molecular complexity index is 1750. The van der Waals surface area contributed by atoms with Crippen molar-refractivity contribution in [2.45, 2.75) is 57.0 Å². The van der Waals surface area contributed by atoms with E-state index in [9.17, 15) is 30.8 Å². The Hall–Kier alpha value is -3.41. The van der Waals surface area contributed by atoms with Crippen molar-refractivity contribution in [3.63, 3.8) is 0 Å². The average Bonchev–Trinajstić information content (AvgIpc) is 3.04. The zero-order valence-corrected chi connectivity index (χ0v) is 28.5. The Labute approximate surface area is 284 Å². The number of hydrogen-bond acceptors (Lipinski definition) is 5. The summed E-state index contributed by atoms with van der Waals surface area (Å²) in [6.07, 6.45) is 0.565. The molecule has 0 aliphatic carbocycles. The molecule has 0 radical (unpaired) electrons. The van der Waals surface area contributed by atoms with Crippen molar-refractivity contribution in [1.29, 1.82) is 0 Å². The lowest BCUT2D eigenvalue weighted by atomic mass is 9.89. The van der Waals surface area contributed by atoms with Crippen LogP contribution in [0.4, 0.5) is 23.2 Å². The van der Waals surface area contributed by atoms with E-state index in [1.165, 1.54) is 22.5 Å². The van der Waals surface area contributed by atoms with Gasteiger partial charge in [-0.05, 0) is 125 Å². The number of alkyl halides is 3. The van der Waals surface area contributed by atoms with Crippen LogP contribution in [0.5, 0.6) is 0 Å². The molecule has 1 fully saturated rings. The molecule has 0 spiro atoms. The topological polar surface area (TPSA) is 66.9 Å². The van der Waals surface area contributed by atoms with Gasteiger partial charge < -0.3 is 9.64 Å². The highest BCUT2D eigenvalue weighted by Gasteiger charge is 2.36. The second-order valence-electron chi connectivity index (χ2n) is 12.5. The maximum absolute atomic E-state index is 14.6. The fraction of sp³-hybridized carbons (Fsp3) is 0.417. The molecule has 2 aliphatic rings. The summed E-state index contributed by atoms with van der Waals surface area (Å²) >= 11 is 6.27. The summed E-state index contributed by atoms with van der Waals surface area (Å²) in [6, 6.07) is 13.5. The number of piperidine rings is 1. The van der Waals surface area contributed by atoms with Crippen LogP contribution in [0.2, 0.25) is 5.02 Å². The highest BCUT2D eigenvalue weighted by molar-refractivity contribution is 7.92. The predicted octanol–water partition coefficient (Wildman–Crippen LogP) is 8.48. The van der Waals surface area contributed by atoms with E-state index < -0.39 is 32.5 Å². The van der Waals surface area contributed by atoms with E-state index in [0.717, 1.165) is 56.6 Å². The molecule has 258 valence electrons. The number of carbonyl (C=O) groups excluding carboxylic acids is 1. The molecule has 0 unspecified atom stereocenters. The van der Waals surface area contributed by atoms with E-state index in [1.54, 1.807) is 32.1 Å². The molecule has 3 aromatic rings. The van der Waals surface area contributed by atoms with Crippen molar-refractivity contribution in [2.75, 3.05) is 37.1 Å². The van der Waals surface area contributed by atoms with Gasteiger partial charge in [-0.25, -0.2) is 12.8 Å². The van der Waals surface area contributed by atoms with Crippen LogP contribution in [-0.4, -0.2) is 52.1 Å². The number of sulfonamides is 1. The Morgan fingerprint density at radius 3 is 2.48 bits per heavy atom. The zero-order valence-electron chi connectivity index (χ0n) is 26.9. The summed E-state index contributed by atoms with van der Waals surface area (Å²) in [4.78, 5) is 14.0. The number of benzene rings is 3. The Balaban J connectivity index is 1.39. The largest absolute Gasteiger partial charge is 0.466 e. The number of hydrogen-bond donors (Lipinski definition) is 0. The van der Waals surface area contributed by atoms with E-state index >= 15 is 0 Å². The molecule has 1 atom stereocenters. The van der Waals surface area contributed by atoms with Gasteiger partial charge in [0.15, 0.2) is 0 Å².